The second kappa shape index (κ2) is 16.8. The highest BCUT2D eigenvalue weighted by molar-refractivity contribution is 7.05. The highest BCUT2D eigenvalue weighted by Gasteiger charge is 2.83. The molecule has 6 aliphatic rings. The topological polar surface area (TPSA) is 160 Å². The van der Waals surface area contributed by atoms with E-state index >= 15 is 0 Å². The van der Waals surface area contributed by atoms with Crippen LogP contribution in [-0.4, -0.2) is 70.4 Å². The Labute approximate surface area is 349 Å². The summed E-state index contributed by atoms with van der Waals surface area (Å²) in [6.45, 7) is 29.9. The van der Waals surface area contributed by atoms with Crippen molar-refractivity contribution in [2.45, 2.75) is 139 Å². The maximum absolute atomic E-state index is 9.30. The van der Waals surface area contributed by atoms with Crippen LogP contribution in [0.25, 0.3) is 10.4 Å². The van der Waals surface area contributed by atoms with Gasteiger partial charge in [-0.25, -0.2) is 0 Å². The molecule has 1 aromatic carbocycles. The molecule has 0 atom stereocenters. The smallest absolute Gasteiger partial charge is 0.373 e. The van der Waals surface area contributed by atoms with Gasteiger partial charge in [0.2, 0.25) is 0 Å². The van der Waals surface area contributed by atoms with E-state index in [1.807, 2.05) is 12.1 Å². The Morgan fingerprint density at radius 2 is 0.596 bits per heavy atom. The standard InChI is InChI=1S/C34H67N3O12Si8/c1-26(2)19-50-38-51(20-27(3)4)41-54(23-30(9)10)43-52(39-50,21-28(5)6)45-56(25-32(13)14)46-53(40-50,22-29(7)8)44-55(42-51,24-31(11)12)48-57(47-54,49-56)34-17-15-33(16-18-34)36-37-35/h15-18,26-32H,19-25H2,1-14H3. The fourth-order valence-electron chi connectivity index (χ4n) is 8.58. The average molecular weight is 935 g/mol. The Balaban J connectivity index is 1.80. The first-order valence-corrected chi connectivity index (χ1v) is 36.3. The molecule has 57 heavy (non-hydrogen) atoms. The van der Waals surface area contributed by atoms with Crippen LogP contribution in [0, 0.1) is 41.4 Å². The largest absolute Gasteiger partial charge is 0.515 e. The van der Waals surface area contributed by atoms with E-state index in [4.69, 9.17) is 49.4 Å². The summed E-state index contributed by atoms with van der Waals surface area (Å²) in [5.74, 6) is 0.496. The molecule has 0 saturated carbocycles. The molecule has 7 rings (SSSR count). The molecule has 0 N–H and O–H groups in total. The van der Waals surface area contributed by atoms with Crippen LogP contribution in [0.4, 0.5) is 5.69 Å². The maximum atomic E-state index is 9.30. The zero-order valence-corrected chi connectivity index (χ0v) is 44.5. The van der Waals surface area contributed by atoms with Crippen molar-refractivity contribution in [3.05, 3.63) is 34.7 Å². The van der Waals surface area contributed by atoms with Crippen LogP contribution >= 0.6 is 0 Å². The Morgan fingerprint density at radius 1 is 0.386 bits per heavy atom. The van der Waals surface area contributed by atoms with Crippen LogP contribution in [-0.2, 0) is 49.4 Å². The number of nitrogens with zero attached hydrogens (tertiary/aromatic N) is 3. The molecule has 0 aliphatic carbocycles. The fourth-order valence-corrected chi connectivity index (χ4v) is 59.5. The van der Waals surface area contributed by atoms with Crippen molar-refractivity contribution in [2.75, 3.05) is 0 Å². The highest BCUT2D eigenvalue weighted by atomic mass is 28.6. The minimum absolute atomic E-state index is 0.0501. The third kappa shape index (κ3) is 10.2. The van der Waals surface area contributed by atoms with Crippen molar-refractivity contribution in [2.24, 2.45) is 46.5 Å². The molecule has 0 radical (unpaired) electrons. The predicted molar refractivity (Wildman–Crippen MR) is 231 cm³/mol. The molecular formula is C34H67N3O12Si8. The van der Waals surface area contributed by atoms with Crippen LogP contribution < -0.4 is 5.19 Å². The van der Waals surface area contributed by atoms with Crippen molar-refractivity contribution in [3.8, 4) is 0 Å². The Bertz CT molecular complexity index is 1490. The minimum Gasteiger partial charge on any atom is -0.373 e. The summed E-state index contributed by atoms with van der Waals surface area (Å²) >= 11 is 0. The van der Waals surface area contributed by atoms with Gasteiger partial charge in [-0.3, -0.25) is 0 Å². The summed E-state index contributed by atoms with van der Waals surface area (Å²) in [6, 6.07) is 10.1. The van der Waals surface area contributed by atoms with Crippen molar-refractivity contribution in [1.29, 1.82) is 0 Å². The van der Waals surface area contributed by atoms with Crippen LogP contribution in [0.5, 0.6) is 0 Å². The molecule has 6 saturated heterocycles. The Morgan fingerprint density at radius 3 is 0.789 bits per heavy atom. The van der Waals surface area contributed by atoms with Crippen LogP contribution in [0.1, 0.15) is 96.9 Å². The summed E-state index contributed by atoms with van der Waals surface area (Å²) in [6.07, 6.45) is 0. The normalized spacial score (nSPS) is 39.0. The van der Waals surface area contributed by atoms with Gasteiger partial charge in [0.15, 0.2) is 0 Å². The van der Waals surface area contributed by atoms with Gasteiger partial charge in [0.25, 0.3) is 0 Å². The molecule has 0 unspecified atom stereocenters. The van der Waals surface area contributed by atoms with Gasteiger partial charge < -0.3 is 49.4 Å². The fraction of sp³-hybridized carbons (Fsp3) is 0.824. The molecule has 6 aliphatic heterocycles. The second-order valence-electron chi connectivity index (χ2n) is 19.5. The van der Waals surface area contributed by atoms with Gasteiger partial charge in [0.1, 0.15) is 0 Å². The zero-order chi connectivity index (χ0) is 41.9. The van der Waals surface area contributed by atoms with E-state index in [0.29, 0.717) is 53.2 Å². The van der Waals surface area contributed by atoms with E-state index in [9.17, 15) is 5.53 Å². The number of benzene rings is 1. The van der Waals surface area contributed by atoms with Gasteiger partial charge in [-0.2, -0.15) is 0 Å². The quantitative estimate of drug-likeness (QED) is 0.0671. The number of hydrogen-bond donors (Lipinski definition) is 0. The van der Waals surface area contributed by atoms with Gasteiger partial charge in [-0.1, -0.05) is 126 Å². The highest BCUT2D eigenvalue weighted by Crippen LogP contribution is 2.55. The van der Waals surface area contributed by atoms with Gasteiger partial charge in [-0.15, -0.1) is 0 Å². The third-order valence-corrected chi connectivity index (χ3v) is 49.3. The number of hydrogen-bond acceptors (Lipinski definition) is 13. The SMILES string of the molecule is CC(C)C[Si]12O[Si]3(CC(C)C)O[Si]4(CC(C)C)O[Si](CC(C)C)(O1)O[Si]1(CC(C)C)O[Si](CC(C)C)(O2)O[Si](CC(C)C)(O3)O[Si](c2ccc(N=[N+]=[N-])cc2)(O4)O1. The number of rotatable bonds is 16. The van der Waals surface area contributed by atoms with E-state index in [1.165, 1.54) is 0 Å². The van der Waals surface area contributed by atoms with Crippen LogP contribution in [0.15, 0.2) is 29.4 Å². The molecule has 23 heteroatoms. The molecule has 0 amide bonds. The lowest BCUT2D eigenvalue weighted by Crippen LogP contribution is -2.90. The van der Waals surface area contributed by atoms with Gasteiger partial charge >= 0.3 is 70.4 Å². The van der Waals surface area contributed by atoms with Crippen molar-refractivity contribution >= 4 is 81.3 Å². The zero-order valence-electron chi connectivity index (χ0n) is 36.5. The minimum atomic E-state index is -4.35. The monoisotopic (exact) mass is 933 g/mol. The van der Waals surface area contributed by atoms with Crippen molar-refractivity contribution < 1.29 is 49.4 Å². The summed E-state index contributed by atoms with van der Waals surface area (Å²) in [7, 11) is -32.5. The molecule has 0 aromatic heterocycles. The predicted octanol–water partition coefficient (Wildman–Crippen LogP) is 9.21. The van der Waals surface area contributed by atoms with Crippen LogP contribution in [0.2, 0.25) is 42.3 Å². The van der Waals surface area contributed by atoms with Crippen molar-refractivity contribution in [1.82, 2.24) is 0 Å². The van der Waals surface area contributed by atoms with E-state index in [-0.39, 0.29) is 41.4 Å². The third-order valence-electron chi connectivity index (χ3n) is 9.66. The first-order chi connectivity index (χ1) is 26.4. The van der Waals surface area contributed by atoms with Gasteiger partial charge in [0.05, 0.1) is 0 Å². The van der Waals surface area contributed by atoms with E-state index in [0.717, 1.165) is 0 Å². The van der Waals surface area contributed by atoms with Gasteiger partial charge in [-0.05, 0) is 47.0 Å². The van der Waals surface area contributed by atoms with Crippen LogP contribution in [0.3, 0.4) is 0 Å². The molecule has 6 heterocycles. The van der Waals surface area contributed by atoms with E-state index in [2.05, 4.69) is 107 Å². The lowest BCUT2D eigenvalue weighted by atomic mass is 10.3. The van der Waals surface area contributed by atoms with Gasteiger partial charge in [0, 0.05) is 58.1 Å². The summed E-state index contributed by atoms with van der Waals surface area (Å²) in [5.41, 5.74) is 9.74. The Hall–Kier alpha value is -0.215. The maximum Gasteiger partial charge on any atom is 0.515 e. The summed E-state index contributed by atoms with van der Waals surface area (Å²) < 4.78 is 93.4. The lowest BCUT2D eigenvalue weighted by molar-refractivity contribution is -0.0308. The molecule has 1 aromatic rings. The second-order valence-corrected chi connectivity index (χ2v) is 43.4. The number of azide groups is 1. The molecule has 6 fully saturated rings. The van der Waals surface area contributed by atoms with E-state index < -0.39 is 70.4 Å². The summed E-state index contributed by atoms with van der Waals surface area (Å²) in [5, 5.41) is 4.48. The van der Waals surface area contributed by atoms with E-state index in [1.54, 1.807) is 12.1 Å². The molecule has 322 valence electrons. The lowest BCUT2D eigenvalue weighted by Gasteiger charge is -2.64. The molecular weight excluding hydrogens is 867 g/mol. The molecule has 8 bridgehead atoms. The Kier molecular flexibility index (Phi) is 13.7. The average Bonchev–Trinajstić information content (AvgIpc) is 2.94. The first kappa shape index (κ1) is 46.3. The molecule has 15 nitrogen and oxygen atoms in total. The molecule has 0 spiro atoms. The first-order valence-electron chi connectivity index (χ1n) is 21.0. The summed E-state index contributed by atoms with van der Waals surface area (Å²) in [4.78, 5) is 3.02. The van der Waals surface area contributed by atoms with Crippen molar-refractivity contribution in [3.63, 3.8) is 0 Å².